The molecule has 2 heteroatoms. The summed E-state index contributed by atoms with van der Waals surface area (Å²) in [6.07, 6.45) is -0.556. The molecular formula is C15H22OSi. The van der Waals surface area contributed by atoms with Crippen LogP contribution in [-0.4, -0.2) is 13.2 Å². The van der Waals surface area contributed by atoms with Crippen molar-refractivity contribution < 1.29 is 5.11 Å². The minimum Gasteiger partial charge on any atom is -0.383 e. The maximum Gasteiger partial charge on any atom is 0.107 e. The average molecular weight is 246 g/mol. The summed E-state index contributed by atoms with van der Waals surface area (Å²) in [4.78, 5) is 0. The molecule has 0 aliphatic rings. The van der Waals surface area contributed by atoms with Gasteiger partial charge in [0.2, 0.25) is 0 Å². The first-order chi connectivity index (χ1) is 7.83. The molecule has 0 radical (unpaired) electrons. The van der Waals surface area contributed by atoms with Gasteiger partial charge in [0.1, 0.15) is 6.10 Å². The van der Waals surface area contributed by atoms with Crippen molar-refractivity contribution in [2.45, 2.75) is 38.7 Å². The molecule has 1 aromatic rings. The third kappa shape index (κ3) is 4.35. The molecule has 0 spiro atoms. The van der Waals surface area contributed by atoms with Crippen LogP contribution in [0.1, 0.15) is 17.2 Å². The molecule has 0 amide bonds. The van der Waals surface area contributed by atoms with Crippen molar-refractivity contribution in [3.63, 3.8) is 0 Å². The van der Waals surface area contributed by atoms with Gasteiger partial charge in [-0.2, -0.15) is 0 Å². The van der Waals surface area contributed by atoms with E-state index < -0.39 is 14.2 Å². The lowest BCUT2D eigenvalue weighted by atomic mass is 10.0. The fourth-order valence-electron chi connectivity index (χ4n) is 1.78. The van der Waals surface area contributed by atoms with Gasteiger partial charge in [-0.05, 0) is 18.5 Å². The van der Waals surface area contributed by atoms with E-state index >= 15 is 0 Å². The third-order valence-corrected chi connectivity index (χ3v) is 4.11. The number of benzene rings is 1. The van der Waals surface area contributed by atoms with Gasteiger partial charge in [0.15, 0.2) is 0 Å². The SMILES string of the molecule is C=C=C(C[Si](C)(C)C)[C@@H](O)c1ccc(C)cc1. The van der Waals surface area contributed by atoms with Crippen molar-refractivity contribution in [1.82, 2.24) is 0 Å². The lowest BCUT2D eigenvalue weighted by molar-refractivity contribution is 0.216. The molecule has 92 valence electrons. The number of rotatable bonds is 4. The van der Waals surface area contributed by atoms with Crippen LogP contribution in [-0.2, 0) is 0 Å². The summed E-state index contributed by atoms with van der Waals surface area (Å²) in [6.45, 7) is 12.6. The van der Waals surface area contributed by atoms with E-state index in [4.69, 9.17) is 0 Å². The molecule has 1 N–H and O–H groups in total. The Balaban J connectivity index is 2.91. The predicted octanol–water partition coefficient (Wildman–Crippen LogP) is 4.08. The molecule has 17 heavy (non-hydrogen) atoms. The highest BCUT2D eigenvalue weighted by molar-refractivity contribution is 6.76. The highest BCUT2D eigenvalue weighted by atomic mass is 28.3. The van der Waals surface area contributed by atoms with Gasteiger partial charge in [-0.1, -0.05) is 56.0 Å². The van der Waals surface area contributed by atoms with Crippen molar-refractivity contribution in [2.75, 3.05) is 0 Å². The Morgan fingerprint density at radius 3 is 2.24 bits per heavy atom. The molecule has 0 saturated carbocycles. The van der Waals surface area contributed by atoms with Gasteiger partial charge in [-0.3, -0.25) is 0 Å². The molecular weight excluding hydrogens is 224 g/mol. The molecule has 0 fully saturated rings. The van der Waals surface area contributed by atoms with E-state index in [1.807, 2.05) is 31.2 Å². The van der Waals surface area contributed by atoms with E-state index in [1.54, 1.807) is 0 Å². The second-order valence-electron chi connectivity index (χ2n) is 5.75. The number of aliphatic hydroxyl groups is 1. The number of aliphatic hydroxyl groups excluding tert-OH is 1. The van der Waals surface area contributed by atoms with Gasteiger partial charge >= 0.3 is 0 Å². The Bertz CT molecular complexity index is 419. The second-order valence-corrected chi connectivity index (χ2v) is 11.2. The van der Waals surface area contributed by atoms with Gasteiger partial charge in [0, 0.05) is 13.6 Å². The fraction of sp³-hybridized carbons (Fsp3) is 0.400. The van der Waals surface area contributed by atoms with Gasteiger partial charge in [-0.15, -0.1) is 5.73 Å². The Labute approximate surface area is 106 Å². The van der Waals surface area contributed by atoms with Crippen LogP contribution in [0.25, 0.3) is 0 Å². The first-order valence-corrected chi connectivity index (χ1v) is 9.67. The van der Waals surface area contributed by atoms with Crippen LogP contribution < -0.4 is 0 Å². The average Bonchev–Trinajstić information content (AvgIpc) is 2.25. The maximum absolute atomic E-state index is 10.3. The first-order valence-electron chi connectivity index (χ1n) is 5.97. The smallest absolute Gasteiger partial charge is 0.107 e. The zero-order valence-electron chi connectivity index (χ0n) is 11.2. The lowest BCUT2D eigenvalue weighted by Gasteiger charge is -2.21. The van der Waals surface area contributed by atoms with Crippen LogP contribution in [0.4, 0.5) is 0 Å². The van der Waals surface area contributed by atoms with E-state index in [0.29, 0.717) is 0 Å². The summed E-state index contributed by atoms with van der Waals surface area (Å²) in [6, 6.07) is 8.93. The van der Waals surface area contributed by atoms with Crippen molar-refractivity contribution >= 4 is 8.07 Å². The summed E-state index contributed by atoms with van der Waals surface area (Å²) in [7, 11) is -1.25. The molecule has 0 aliphatic carbocycles. The van der Waals surface area contributed by atoms with Crippen molar-refractivity contribution in [2.24, 2.45) is 0 Å². The maximum atomic E-state index is 10.3. The predicted molar refractivity (Wildman–Crippen MR) is 76.9 cm³/mol. The van der Waals surface area contributed by atoms with Crippen LogP contribution in [0, 0.1) is 6.92 Å². The van der Waals surface area contributed by atoms with Gasteiger partial charge in [0.25, 0.3) is 0 Å². The molecule has 0 aromatic heterocycles. The summed E-state index contributed by atoms with van der Waals surface area (Å²) in [5.74, 6) is 0. The highest BCUT2D eigenvalue weighted by Crippen LogP contribution is 2.28. The quantitative estimate of drug-likeness (QED) is 0.627. The zero-order valence-corrected chi connectivity index (χ0v) is 12.2. The van der Waals surface area contributed by atoms with Gasteiger partial charge in [0.05, 0.1) is 0 Å². The van der Waals surface area contributed by atoms with Crippen LogP contribution in [0.3, 0.4) is 0 Å². The summed E-state index contributed by atoms with van der Waals surface area (Å²) >= 11 is 0. The molecule has 1 rings (SSSR count). The highest BCUT2D eigenvalue weighted by Gasteiger charge is 2.21. The Hall–Kier alpha value is -1.08. The van der Waals surface area contributed by atoms with Crippen LogP contribution in [0.15, 0.2) is 42.1 Å². The molecule has 0 heterocycles. The topological polar surface area (TPSA) is 20.2 Å². The van der Waals surface area contributed by atoms with E-state index in [9.17, 15) is 5.11 Å². The van der Waals surface area contributed by atoms with Crippen LogP contribution in [0.2, 0.25) is 25.7 Å². The number of aryl methyl sites for hydroxylation is 1. The van der Waals surface area contributed by atoms with Crippen LogP contribution >= 0.6 is 0 Å². The van der Waals surface area contributed by atoms with Crippen molar-refractivity contribution in [3.05, 3.63) is 53.3 Å². The molecule has 0 saturated heterocycles. The molecule has 1 atom stereocenters. The van der Waals surface area contributed by atoms with E-state index in [1.165, 1.54) is 5.56 Å². The fourth-order valence-corrected chi connectivity index (χ4v) is 3.24. The summed E-state index contributed by atoms with van der Waals surface area (Å²) < 4.78 is 0. The largest absolute Gasteiger partial charge is 0.383 e. The lowest BCUT2D eigenvalue weighted by Crippen LogP contribution is -2.21. The summed E-state index contributed by atoms with van der Waals surface area (Å²) in [5, 5.41) is 10.3. The molecule has 0 aliphatic heterocycles. The second kappa shape index (κ2) is 5.50. The third-order valence-electron chi connectivity index (χ3n) is 2.67. The Morgan fingerprint density at radius 2 is 1.82 bits per heavy atom. The van der Waals surface area contributed by atoms with Crippen molar-refractivity contribution in [1.29, 1.82) is 0 Å². The standard InChI is InChI=1S/C15H22OSi/c1-6-13(11-17(3,4)5)15(16)14-9-7-12(2)8-10-14/h7-10,15-16H,1,11H2,2-5H3/t15-/m1/s1. The molecule has 0 unspecified atom stereocenters. The number of hydrogen-bond acceptors (Lipinski definition) is 1. The van der Waals surface area contributed by atoms with Gasteiger partial charge < -0.3 is 5.11 Å². The first kappa shape index (κ1) is 14.0. The molecule has 1 aromatic carbocycles. The normalized spacial score (nSPS) is 13.0. The zero-order chi connectivity index (χ0) is 13.1. The molecule has 0 bridgehead atoms. The van der Waals surface area contributed by atoms with E-state index in [-0.39, 0.29) is 0 Å². The van der Waals surface area contributed by atoms with E-state index in [2.05, 4.69) is 32.0 Å². The monoisotopic (exact) mass is 246 g/mol. The van der Waals surface area contributed by atoms with Crippen molar-refractivity contribution in [3.8, 4) is 0 Å². The van der Waals surface area contributed by atoms with E-state index in [0.717, 1.165) is 17.2 Å². The molecule has 1 nitrogen and oxygen atoms in total. The van der Waals surface area contributed by atoms with Crippen LogP contribution in [0.5, 0.6) is 0 Å². The minimum absolute atomic E-state index is 0.556. The Morgan fingerprint density at radius 1 is 1.29 bits per heavy atom. The Kier molecular flexibility index (Phi) is 4.52. The number of hydrogen-bond donors (Lipinski definition) is 1. The minimum atomic E-state index is -1.25. The van der Waals surface area contributed by atoms with Gasteiger partial charge in [-0.25, -0.2) is 0 Å². The summed E-state index contributed by atoms with van der Waals surface area (Å²) in [5.41, 5.74) is 5.98.